The zero-order valence-electron chi connectivity index (χ0n) is 11.9. The van der Waals surface area contributed by atoms with Gasteiger partial charge in [0, 0.05) is 20.5 Å². The molecular formula is C16H23NO. The molecule has 2 heteroatoms. The number of rotatable bonds is 3. The molecular weight excluding hydrogens is 222 g/mol. The van der Waals surface area contributed by atoms with Gasteiger partial charge in [0.25, 0.3) is 0 Å². The maximum atomic E-state index is 11.3. The molecule has 1 aromatic rings. The number of carbonyl (C=O) groups is 1. The van der Waals surface area contributed by atoms with Gasteiger partial charge in [-0.05, 0) is 35.3 Å². The Morgan fingerprint density at radius 2 is 2.06 bits per heavy atom. The molecule has 1 unspecified atom stereocenters. The summed E-state index contributed by atoms with van der Waals surface area (Å²) in [6.45, 7) is 7.16. The van der Waals surface area contributed by atoms with Crippen LogP contribution in [-0.4, -0.2) is 24.4 Å². The molecule has 0 heterocycles. The Balaban J connectivity index is 2.14. The number of nitrogens with zero attached hydrogens (tertiary/aromatic N) is 1. The highest BCUT2D eigenvalue weighted by molar-refractivity contribution is 5.72. The van der Waals surface area contributed by atoms with Crippen LogP contribution in [0.3, 0.4) is 0 Å². The molecule has 2 rings (SSSR count). The molecule has 1 amide bonds. The van der Waals surface area contributed by atoms with E-state index in [0.29, 0.717) is 11.3 Å². The Kier molecular flexibility index (Phi) is 3.47. The predicted molar refractivity (Wildman–Crippen MR) is 74.6 cm³/mol. The van der Waals surface area contributed by atoms with Crippen LogP contribution < -0.4 is 0 Å². The molecule has 1 aromatic carbocycles. The highest BCUT2D eigenvalue weighted by atomic mass is 16.2. The molecule has 2 nitrogen and oxygen atoms in total. The largest absolute Gasteiger partial charge is 0.346 e. The summed E-state index contributed by atoms with van der Waals surface area (Å²) in [4.78, 5) is 13.1. The van der Waals surface area contributed by atoms with Crippen molar-refractivity contribution in [1.82, 2.24) is 4.90 Å². The van der Waals surface area contributed by atoms with Crippen LogP contribution in [0, 0.1) is 5.41 Å². The minimum absolute atomic E-state index is 0.152. The van der Waals surface area contributed by atoms with Crippen molar-refractivity contribution >= 4 is 5.91 Å². The maximum Gasteiger partial charge on any atom is 0.219 e. The van der Waals surface area contributed by atoms with Crippen molar-refractivity contribution in [3.05, 3.63) is 35.4 Å². The third-order valence-electron chi connectivity index (χ3n) is 4.31. The molecule has 0 aromatic heterocycles. The van der Waals surface area contributed by atoms with E-state index in [2.05, 4.69) is 38.1 Å². The molecule has 0 fully saturated rings. The van der Waals surface area contributed by atoms with E-state index in [0.717, 1.165) is 19.4 Å². The van der Waals surface area contributed by atoms with Crippen LogP contribution in [0.15, 0.2) is 24.3 Å². The van der Waals surface area contributed by atoms with E-state index in [-0.39, 0.29) is 5.91 Å². The monoisotopic (exact) mass is 245 g/mol. The molecule has 1 aliphatic rings. The Bertz CT molecular complexity index is 450. The topological polar surface area (TPSA) is 20.3 Å². The SMILES string of the molecule is CC(=O)N(C)CCC1c2ccccc2CC1(C)C. The quantitative estimate of drug-likeness (QED) is 0.800. The molecule has 1 atom stereocenters. The number of amides is 1. The zero-order valence-corrected chi connectivity index (χ0v) is 11.9. The van der Waals surface area contributed by atoms with Crippen LogP contribution in [0.1, 0.15) is 44.2 Å². The highest BCUT2D eigenvalue weighted by Crippen LogP contribution is 2.48. The van der Waals surface area contributed by atoms with Crippen molar-refractivity contribution in [2.75, 3.05) is 13.6 Å². The van der Waals surface area contributed by atoms with Gasteiger partial charge in [-0.3, -0.25) is 4.79 Å². The van der Waals surface area contributed by atoms with Gasteiger partial charge in [-0.25, -0.2) is 0 Å². The third kappa shape index (κ3) is 2.43. The molecule has 18 heavy (non-hydrogen) atoms. The molecule has 0 N–H and O–H groups in total. The first-order valence-electron chi connectivity index (χ1n) is 6.71. The molecule has 1 aliphatic carbocycles. The third-order valence-corrected chi connectivity index (χ3v) is 4.31. The van der Waals surface area contributed by atoms with Gasteiger partial charge < -0.3 is 4.90 Å². The first kappa shape index (κ1) is 13.1. The van der Waals surface area contributed by atoms with Gasteiger partial charge in [0.2, 0.25) is 5.91 Å². The Labute approximate surface area is 110 Å². The molecule has 0 spiro atoms. The summed E-state index contributed by atoms with van der Waals surface area (Å²) in [7, 11) is 1.89. The van der Waals surface area contributed by atoms with Crippen molar-refractivity contribution in [2.24, 2.45) is 5.41 Å². The number of carbonyl (C=O) groups excluding carboxylic acids is 1. The number of benzene rings is 1. The second-order valence-electron chi connectivity index (χ2n) is 6.15. The Morgan fingerprint density at radius 3 is 2.72 bits per heavy atom. The lowest BCUT2D eigenvalue weighted by atomic mass is 9.78. The zero-order chi connectivity index (χ0) is 13.3. The summed E-state index contributed by atoms with van der Waals surface area (Å²) < 4.78 is 0. The van der Waals surface area contributed by atoms with Crippen LogP contribution in [0.25, 0.3) is 0 Å². The standard InChI is InChI=1S/C16H23NO/c1-12(18)17(4)10-9-15-14-8-6-5-7-13(14)11-16(15,2)3/h5-8,15H,9-11H2,1-4H3. The lowest BCUT2D eigenvalue weighted by molar-refractivity contribution is -0.127. The fourth-order valence-electron chi connectivity index (χ4n) is 3.10. The van der Waals surface area contributed by atoms with Crippen LogP contribution in [0.5, 0.6) is 0 Å². The van der Waals surface area contributed by atoms with Crippen LogP contribution >= 0.6 is 0 Å². The van der Waals surface area contributed by atoms with Crippen molar-refractivity contribution in [2.45, 2.75) is 39.5 Å². The average molecular weight is 245 g/mol. The molecule has 0 radical (unpaired) electrons. The van der Waals surface area contributed by atoms with Crippen LogP contribution in [-0.2, 0) is 11.2 Å². The van der Waals surface area contributed by atoms with Gasteiger partial charge in [-0.15, -0.1) is 0 Å². The lowest BCUT2D eigenvalue weighted by Crippen LogP contribution is -2.28. The molecule has 0 aliphatic heterocycles. The smallest absolute Gasteiger partial charge is 0.219 e. The molecule has 0 saturated carbocycles. The van der Waals surface area contributed by atoms with E-state index in [1.54, 1.807) is 6.92 Å². The maximum absolute atomic E-state index is 11.3. The summed E-state index contributed by atoms with van der Waals surface area (Å²) in [5.41, 5.74) is 3.28. The van der Waals surface area contributed by atoms with Crippen molar-refractivity contribution < 1.29 is 4.79 Å². The van der Waals surface area contributed by atoms with Crippen molar-refractivity contribution in [3.8, 4) is 0 Å². The summed E-state index contributed by atoms with van der Waals surface area (Å²) in [5.74, 6) is 0.717. The van der Waals surface area contributed by atoms with E-state index in [4.69, 9.17) is 0 Å². The van der Waals surface area contributed by atoms with Gasteiger partial charge >= 0.3 is 0 Å². The van der Waals surface area contributed by atoms with Gasteiger partial charge in [0.05, 0.1) is 0 Å². The van der Waals surface area contributed by atoms with Gasteiger partial charge in [0.15, 0.2) is 0 Å². The summed E-state index contributed by atoms with van der Waals surface area (Å²) >= 11 is 0. The van der Waals surface area contributed by atoms with Gasteiger partial charge in [-0.2, -0.15) is 0 Å². The lowest BCUT2D eigenvalue weighted by Gasteiger charge is -2.29. The van der Waals surface area contributed by atoms with Crippen LogP contribution in [0.4, 0.5) is 0 Å². The summed E-state index contributed by atoms with van der Waals surface area (Å²) in [6.07, 6.45) is 2.21. The first-order valence-corrected chi connectivity index (χ1v) is 6.71. The highest BCUT2D eigenvalue weighted by Gasteiger charge is 2.38. The van der Waals surface area contributed by atoms with E-state index in [1.807, 2.05) is 11.9 Å². The number of fused-ring (bicyclic) bond motifs is 1. The fraction of sp³-hybridized carbons (Fsp3) is 0.562. The Hall–Kier alpha value is -1.31. The van der Waals surface area contributed by atoms with Gasteiger partial charge in [-0.1, -0.05) is 38.1 Å². The summed E-state index contributed by atoms with van der Waals surface area (Å²) in [5, 5.41) is 0. The minimum atomic E-state index is 0.152. The van der Waals surface area contributed by atoms with E-state index >= 15 is 0 Å². The Morgan fingerprint density at radius 1 is 1.39 bits per heavy atom. The predicted octanol–water partition coefficient (Wildman–Crippen LogP) is 3.22. The average Bonchev–Trinajstić information content (AvgIpc) is 2.55. The number of hydrogen-bond acceptors (Lipinski definition) is 1. The second kappa shape index (κ2) is 4.75. The second-order valence-corrected chi connectivity index (χ2v) is 6.15. The van der Waals surface area contributed by atoms with Gasteiger partial charge in [0.1, 0.15) is 0 Å². The van der Waals surface area contributed by atoms with E-state index in [1.165, 1.54) is 11.1 Å². The fourth-order valence-corrected chi connectivity index (χ4v) is 3.10. The van der Waals surface area contributed by atoms with E-state index < -0.39 is 0 Å². The van der Waals surface area contributed by atoms with Crippen molar-refractivity contribution in [1.29, 1.82) is 0 Å². The normalized spacial score (nSPS) is 20.6. The molecule has 0 bridgehead atoms. The molecule has 0 saturated heterocycles. The molecule has 98 valence electrons. The number of hydrogen-bond donors (Lipinski definition) is 0. The first-order chi connectivity index (χ1) is 8.42. The minimum Gasteiger partial charge on any atom is -0.346 e. The van der Waals surface area contributed by atoms with Crippen molar-refractivity contribution in [3.63, 3.8) is 0 Å². The van der Waals surface area contributed by atoms with E-state index in [9.17, 15) is 4.79 Å². The van der Waals surface area contributed by atoms with Crippen LogP contribution in [0.2, 0.25) is 0 Å². The summed E-state index contributed by atoms with van der Waals surface area (Å²) in [6, 6.07) is 8.75.